The molecule has 0 rings (SSSR count). The molecular weight excluding hydrogens is 692 g/mol. The Balaban J connectivity index is 0. The van der Waals surface area contributed by atoms with Gasteiger partial charge in [0.05, 0.1) is 0 Å². The first-order valence-corrected chi connectivity index (χ1v) is 7.44. The molecule has 0 aromatic carbocycles. The van der Waals surface area contributed by atoms with E-state index >= 15 is 0 Å². The van der Waals surface area contributed by atoms with E-state index in [1.54, 1.807) is 0 Å². The second-order valence-corrected chi connectivity index (χ2v) is 7.00. The van der Waals surface area contributed by atoms with Gasteiger partial charge in [-0.25, -0.2) is 0 Å². The van der Waals surface area contributed by atoms with Gasteiger partial charge in [0.15, 0.2) is 0 Å². The molecule has 0 N–H and O–H groups in total. The average Bonchev–Trinajstić information content (AvgIpc) is 2.33. The summed E-state index contributed by atoms with van der Waals surface area (Å²) >= 11 is -0.957. The Morgan fingerprint density at radius 2 is 0.429 bits per heavy atom. The van der Waals surface area contributed by atoms with Gasteiger partial charge in [0.1, 0.15) is 0 Å². The van der Waals surface area contributed by atoms with Crippen LogP contribution < -0.4 is 0 Å². The Kier molecular flexibility index (Phi) is 8.72. The van der Waals surface area contributed by atoms with Crippen molar-refractivity contribution in [2.24, 2.45) is 0 Å². The van der Waals surface area contributed by atoms with Gasteiger partial charge in [-0.3, -0.25) is 0 Å². The van der Waals surface area contributed by atoms with E-state index in [9.17, 15) is 79.0 Å². The molecule has 0 bridgehead atoms. The predicted molar refractivity (Wildman–Crippen MR) is 69.8 cm³/mol. The number of alkyl halides is 20. The second kappa shape index (κ2) is 8.04. The van der Waals surface area contributed by atoms with Gasteiger partial charge in [-0.1, -0.05) is 0 Å². The van der Waals surface area contributed by atoms with Crippen molar-refractivity contribution in [3.05, 3.63) is 0 Å². The van der Waals surface area contributed by atoms with Gasteiger partial charge in [-0.2, -0.15) is 79.0 Å². The fraction of sp³-hybridized carbons (Fsp3) is 1.00. The van der Waals surface area contributed by atoms with E-state index in [-0.39, 0.29) is 0 Å². The standard InChI is InChI=1S/2C4F9I/c2*5-1(6,3(9,10)11)2(7,8)4(12,13)14. The summed E-state index contributed by atoms with van der Waals surface area (Å²) < 4.78 is 199. The minimum atomic E-state index is -6.77. The van der Waals surface area contributed by atoms with Gasteiger partial charge in [0, 0.05) is 45.2 Å². The Morgan fingerprint density at radius 3 is 0.464 bits per heavy atom. The van der Waals surface area contributed by atoms with Crippen molar-refractivity contribution in [2.45, 2.75) is 43.9 Å². The van der Waals surface area contributed by atoms with E-state index in [1.807, 2.05) is 0 Å². The van der Waals surface area contributed by atoms with Gasteiger partial charge in [-0.15, -0.1) is 0 Å². The topological polar surface area (TPSA) is 0 Å². The highest BCUT2D eigenvalue weighted by molar-refractivity contribution is 14.1. The highest BCUT2D eigenvalue weighted by Gasteiger charge is 2.82. The summed E-state index contributed by atoms with van der Waals surface area (Å²) in [4.78, 5) is 0. The van der Waals surface area contributed by atoms with Crippen LogP contribution in [0, 0.1) is 0 Å². The maximum absolute atomic E-state index is 12.0. The van der Waals surface area contributed by atoms with E-state index in [0.29, 0.717) is 0 Å². The minimum absolute atomic E-state index is 0.479. The lowest BCUT2D eigenvalue weighted by atomic mass is 10.2. The van der Waals surface area contributed by atoms with E-state index in [1.165, 1.54) is 0 Å². The zero-order chi connectivity index (χ0) is 24.0. The fourth-order valence-electron chi connectivity index (χ4n) is 0.712. The summed E-state index contributed by atoms with van der Waals surface area (Å²) in [6.07, 6.45) is -13.5. The highest BCUT2D eigenvalue weighted by atomic mass is 127. The van der Waals surface area contributed by atoms with Crippen molar-refractivity contribution >= 4 is 45.2 Å². The van der Waals surface area contributed by atoms with Gasteiger partial charge >= 0.3 is 43.9 Å². The summed E-state index contributed by atoms with van der Waals surface area (Å²) in [6, 6.07) is 0. The van der Waals surface area contributed by atoms with Crippen LogP contribution in [0.25, 0.3) is 0 Å². The van der Waals surface area contributed by atoms with Gasteiger partial charge in [-0.05, 0) is 0 Å². The molecule has 20 heteroatoms. The molecule has 0 nitrogen and oxygen atoms in total. The quantitative estimate of drug-likeness (QED) is 0.161. The maximum Gasteiger partial charge on any atom is 0.460 e. The largest absolute Gasteiger partial charge is 0.460 e. The fourth-order valence-corrected chi connectivity index (χ4v) is 1.39. The molecule has 0 aliphatic heterocycles. The first-order chi connectivity index (χ1) is 11.5. The molecular formula is C8F18I2. The van der Waals surface area contributed by atoms with E-state index in [4.69, 9.17) is 0 Å². The highest BCUT2D eigenvalue weighted by Crippen LogP contribution is 2.56. The molecule has 172 valence electrons. The normalized spacial score (nSPS) is 15.9. The molecule has 0 amide bonds. The van der Waals surface area contributed by atoms with E-state index in [2.05, 4.69) is 0 Å². The monoisotopic (exact) mass is 692 g/mol. The Bertz CT molecular complexity index is 420. The lowest BCUT2D eigenvalue weighted by molar-refractivity contribution is -0.378. The third-order valence-electron chi connectivity index (χ3n) is 2.21. The molecule has 0 aromatic heterocycles. The average molecular weight is 692 g/mol. The molecule has 0 atom stereocenters. The zero-order valence-electron chi connectivity index (χ0n) is 11.6. The van der Waals surface area contributed by atoms with Gasteiger partial charge in [0.2, 0.25) is 0 Å². The van der Waals surface area contributed by atoms with E-state index < -0.39 is 89.1 Å². The van der Waals surface area contributed by atoms with Crippen LogP contribution in [-0.4, -0.2) is 43.9 Å². The zero-order valence-corrected chi connectivity index (χ0v) is 15.9. The first-order valence-electron chi connectivity index (χ1n) is 5.28. The van der Waals surface area contributed by atoms with Crippen LogP contribution >= 0.6 is 45.2 Å². The number of rotatable bonds is 4. The van der Waals surface area contributed by atoms with Crippen LogP contribution in [-0.2, 0) is 0 Å². The minimum Gasteiger partial charge on any atom is -0.191 e. The van der Waals surface area contributed by atoms with Crippen LogP contribution in [0.1, 0.15) is 0 Å². The summed E-state index contributed by atoms with van der Waals surface area (Å²) in [5.41, 5.74) is 0. The molecule has 0 aliphatic rings. The van der Waals surface area contributed by atoms with Crippen molar-refractivity contribution in [3.63, 3.8) is 0 Å². The molecule has 0 radical (unpaired) electrons. The van der Waals surface area contributed by atoms with E-state index in [0.717, 1.165) is 0 Å². The summed E-state index contributed by atoms with van der Waals surface area (Å²) in [6.45, 7) is 0. The number of halogens is 20. The van der Waals surface area contributed by atoms with Crippen LogP contribution in [0.4, 0.5) is 79.0 Å². The van der Waals surface area contributed by atoms with Crippen molar-refractivity contribution in [3.8, 4) is 0 Å². The summed E-state index contributed by atoms with van der Waals surface area (Å²) in [5, 5.41) is 0. The molecule has 0 aromatic rings. The first kappa shape index (κ1) is 30.4. The Labute approximate surface area is 168 Å². The van der Waals surface area contributed by atoms with Crippen LogP contribution in [0.2, 0.25) is 0 Å². The Hall–Kier alpha value is 0.200. The van der Waals surface area contributed by atoms with Crippen molar-refractivity contribution in [1.29, 1.82) is 0 Å². The SMILES string of the molecule is FC(F)(F)C(F)(F)C(F)(F)C(F)(F)I.FC(F)(F)C(F)(F)C(F)(F)C(F)(F)I. The van der Waals surface area contributed by atoms with Crippen LogP contribution in [0.3, 0.4) is 0 Å². The molecule has 0 heterocycles. The van der Waals surface area contributed by atoms with Crippen molar-refractivity contribution in [2.75, 3.05) is 0 Å². The lowest BCUT2D eigenvalue weighted by Gasteiger charge is -2.30. The summed E-state index contributed by atoms with van der Waals surface area (Å²) in [7, 11) is 0. The molecule has 0 spiro atoms. The van der Waals surface area contributed by atoms with Crippen molar-refractivity contribution in [1.82, 2.24) is 0 Å². The third kappa shape index (κ3) is 5.66. The molecule has 0 saturated carbocycles. The predicted octanol–water partition coefficient (Wildman–Crippen LogP) is 7.69. The lowest BCUT2D eigenvalue weighted by Crippen LogP contribution is -2.58. The summed E-state index contributed by atoms with van der Waals surface area (Å²) in [5.74, 6) is -26.5. The van der Waals surface area contributed by atoms with Crippen LogP contribution in [0.5, 0.6) is 0 Å². The van der Waals surface area contributed by atoms with Gasteiger partial charge < -0.3 is 0 Å². The molecule has 0 unspecified atom stereocenters. The van der Waals surface area contributed by atoms with Gasteiger partial charge in [0.25, 0.3) is 0 Å². The maximum atomic E-state index is 12.0. The molecule has 0 saturated heterocycles. The van der Waals surface area contributed by atoms with Crippen molar-refractivity contribution < 1.29 is 79.0 Å². The smallest absolute Gasteiger partial charge is 0.191 e. The van der Waals surface area contributed by atoms with Crippen LogP contribution in [0.15, 0.2) is 0 Å². The third-order valence-corrected chi connectivity index (χ3v) is 3.57. The number of hydrogen-bond acceptors (Lipinski definition) is 0. The molecule has 28 heavy (non-hydrogen) atoms. The second-order valence-electron chi connectivity index (χ2n) is 4.29. The molecule has 0 fully saturated rings. The Morgan fingerprint density at radius 1 is 0.286 bits per heavy atom. The molecule has 0 aliphatic carbocycles. The number of hydrogen-bond donors (Lipinski definition) is 0.